The van der Waals surface area contributed by atoms with E-state index in [0.717, 1.165) is 11.1 Å². The van der Waals surface area contributed by atoms with E-state index in [9.17, 15) is 9.18 Å². The molecule has 0 aromatic heterocycles. The van der Waals surface area contributed by atoms with Gasteiger partial charge in [0.05, 0.1) is 11.6 Å². The van der Waals surface area contributed by atoms with E-state index in [0.29, 0.717) is 0 Å². The number of halogens is 1. The third kappa shape index (κ3) is 2.87. The monoisotopic (exact) mass is 271 g/mol. The van der Waals surface area contributed by atoms with E-state index < -0.39 is 5.82 Å². The van der Waals surface area contributed by atoms with Gasteiger partial charge in [0.2, 0.25) is 0 Å². The Morgan fingerprint density at radius 3 is 2.45 bits per heavy atom. The Hall–Kier alpha value is -2.16. The highest BCUT2D eigenvalue weighted by Gasteiger charge is 2.21. The first kappa shape index (κ1) is 14.3. The summed E-state index contributed by atoms with van der Waals surface area (Å²) in [6, 6.07) is 14.2. The maximum absolute atomic E-state index is 13.8. The smallest absolute Gasteiger partial charge is 0.257 e. The number of benzene rings is 2. The van der Waals surface area contributed by atoms with Gasteiger partial charge in [-0.1, -0.05) is 42.0 Å². The van der Waals surface area contributed by atoms with E-state index in [1.54, 1.807) is 24.1 Å². The van der Waals surface area contributed by atoms with Crippen molar-refractivity contribution in [2.24, 2.45) is 0 Å². The Bertz CT molecular complexity index is 610. The van der Waals surface area contributed by atoms with Gasteiger partial charge in [0.25, 0.3) is 5.91 Å². The molecule has 0 fully saturated rings. The maximum atomic E-state index is 13.8. The molecule has 0 saturated carbocycles. The lowest BCUT2D eigenvalue weighted by atomic mass is 10.1. The van der Waals surface area contributed by atoms with Crippen LogP contribution in [0.4, 0.5) is 4.39 Å². The van der Waals surface area contributed by atoms with Crippen molar-refractivity contribution in [2.75, 3.05) is 7.05 Å². The Morgan fingerprint density at radius 1 is 1.15 bits per heavy atom. The second kappa shape index (κ2) is 5.87. The topological polar surface area (TPSA) is 20.3 Å². The molecule has 0 bridgehead atoms. The number of nitrogens with zero attached hydrogens (tertiary/aromatic N) is 1. The Kier molecular flexibility index (Phi) is 4.18. The number of carbonyl (C=O) groups excluding carboxylic acids is 1. The van der Waals surface area contributed by atoms with Gasteiger partial charge in [-0.3, -0.25) is 4.79 Å². The SMILES string of the molecule is Cc1ccc(F)c(C(=O)N(C)C(C)c2ccccc2)c1. The highest BCUT2D eigenvalue weighted by Crippen LogP contribution is 2.21. The minimum Gasteiger partial charge on any atom is -0.335 e. The van der Waals surface area contributed by atoms with E-state index in [4.69, 9.17) is 0 Å². The van der Waals surface area contributed by atoms with Crippen LogP contribution in [-0.4, -0.2) is 17.9 Å². The van der Waals surface area contributed by atoms with Gasteiger partial charge in [-0.15, -0.1) is 0 Å². The van der Waals surface area contributed by atoms with Gasteiger partial charge in [0.15, 0.2) is 0 Å². The molecule has 0 aliphatic rings. The van der Waals surface area contributed by atoms with Crippen molar-refractivity contribution in [3.05, 3.63) is 71.0 Å². The van der Waals surface area contributed by atoms with Gasteiger partial charge < -0.3 is 4.90 Å². The molecule has 0 saturated heterocycles. The minimum atomic E-state index is -0.479. The molecule has 3 heteroatoms. The van der Waals surface area contributed by atoms with E-state index in [1.165, 1.54) is 6.07 Å². The van der Waals surface area contributed by atoms with Crippen molar-refractivity contribution in [1.82, 2.24) is 4.90 Å². The van der Waals surface area contributed by atoms with Crippen LogP contribution < -0.4 is 0 Å². The molecule has 1 atom stereocenters. The van der Waals surface area contributed by atoms with Crippen molar-refractivity contribution in [3.8, 4) is 0 Å². The summed E-state index contributed by atoms with van der Waals surface area (Å²) in [5.74, 6) is -0.782. The largest absolute Gasteiger partial charge is 0.335 e. The summed E-state index contributed by atoms with van der Waals surface area (Å²) in [4.78, 5) is 14.0. The summed E-state index contributed by atoms with van der Waals surface area (Å²) >= 11 is 0. The lowest BCUT2D eigenvalue weighted by Gasteiger charge is -2.25. The minimum absolute atomic E-state index is 0.108. The summed E-state index contributed by atoms with van der Waals surface area (Å²) in [6.07, 6.45) is 0. The normalized spacial score (nSPS) is 12.0. The molecule has 1 unspecified atom stereocenters. The van der Waals surface area contributed by atoms with Crippen molar-refractivity contribution in [3.63, 3.8) is 0 Å². The highest BCUT2D eigenvalue weighted by molar-refractivity contribution is 5.94. The van der Waals surface area contributed by atoms with Gasteiger partial charge in [-0.2, -0.15) is 0 Å². The number of rotatable bonds is 3. The van der Waals surface area contributed by atoms with Gasteiger partial charge in [-0.05, 0) is 31.5 Å². The molecule has 0 radical (unpaired) electrons. The van der Waals surface area contributed by atoms with Crippen LogP contribution in [-0.2, 0) is 0 Å². The second-order valence-corrected chi connectivity index (χ2v) is 4.99. The molecule has 2 aromatic rings. The molecule has 2 aromatic carbocycles. The molecule has 0 spiro atoms. The molecule has 20 heavy (non-hydrogen) atoms. The third-order valence-corrected chi connectivity index (χ3v) is 3.54. The summed E-state index contributed by atoms with van der Waals surface area (Å²) in [5.41, 5.74) is 2.02. The lowest BCUT2D eigenvalue weighted by Crippen LogP contribution is -2.30. The number of aryl methyl sites for hydroxylation is 1. The number of carbonyl (C=O) groups is 1. The van der Waals surface area contributed by atoms with Gasteiger partial charge in [0.1, 0.15) is 5.82 Å². The van der Waals surface area contributed by atoms with Crippen LogP contribution in [0.25, 0.3) is 0 Å². The van der Waals surface area contributed by atoms with E-state index in [1.807, 2.05) is 44.2 Å². The molecule has 0 aliphatic heterocycles. The molecule has 0 aliphatic carbocycles. The first-order chi connectivity index (χ1) is 9.50. The maximum Gasteiger partial charge on any atom is 0.257 e. The zero-order valence-electron chi connectivity index (χ0n) is 11.9. The molecule has 0 heterocycles. The average molecular weight is 271 g/mol. The first-order valence-corrected chi connectivity index (χ1v) is 6.59. The number of amides is 1. The summed E-state index contributed by atoms with van der Waals surface area (Å²) < 4.78 is 13.8. The Morgan fingerprint density at radius 2 is 1.80 bits per heavy atom. The third-order valence-electron chi connectivity index (χ3n) is 3.54. The second-order valence-electron chi connectivity index (χ2n) is 4.99. The fourth-order valence-electron chi connectivity index (χ4n) is 2.12. The standard InChI is InChI=1S/C17H18FNO/c1-12-9-10-16(18)15(11-12)17(20)19(3)13(2)14-7-5-4-6-8-14/h4-11,13H,1-3H3. The van der Waals surface area contributed by atoms with Gasteiger partial charge in [-0.25, -0.2) is 4.39 Å². The zero-order chi connectivity index (χ0) is 14.7. The molecule has 1 amide bonds. The van der Waals surface area contributed by atoms with Gasteiger partial charge in [0, 0.05) is 7.05 Å². The predicted molar refractivity (Wildman–Crippen MR) is 78.1 cm³/mol. The van der Waals surface area contributed by atoms with Crippen LogP contribution in [0.5, 0.6) is 0 Å². The fourth-order valence-corrected chi connectivity index (χ4v) is 2.12. The summed E-state index contributed by atoms with van der Waals surface area (Å²) in [5, 5.41) is 0. The average Bonchev–Trinajstić information content (AvgIpc) is 2.48. The van der Waals surface area contributed by atoms with Crippen LogP contribution in [0, 0.1) is 12.7 Å². The van der Waals surface area contributed by atoms with Crippen LogP contribution in [0.3, 0.4) is 0 Å². The number of hydrogen-bond donors (Lipinski definition) is 0. The Labute approximate surface area is 118 Å². The lowest BCUT2D eigenvalue weighted by molar-refractivity contribution is 0.0738. The molecule has 104 valence electrons. The van der Waals surface area contributed by atoms with E-state index in [2.05, 4.69) is 0 Å². The van der Waals surface area contributed by atoms with Crippen LogP contribution in [0.2, 0.25) is 0 Å². The van der Waals surface area contributed by atoms with Crippen LogP contribution >= 0.6 is 0 Å². The van der Waals surface area contributed by atoms with Crippen molar-refractivity contribution < 1.29 is 9.18 Å². The summed E-state index contributed by atoms with van der Waals surface area (Å²) in [6.45, 7) is 3.78. The van der Waals surface area contributed by atoms with Gasteiger partial charge >= 0.3 is 0 Å². The highest BCUT2D eigenvalue weighted by atomic mass is 19.1. The number of hydrogen-bond acceptors (Lipinski definition) is 1. The van der Waals surface area contributed by atoms with Crippen molar-refractivity contribution >= 4 is 5.91 Å². The predicted octanol–water partition coefficient (Wildman–Crippen LogP) is 3.97. The van der Waals surface area contributed by atoms with Crippen molar-refractivity contribution in [1.29, 1.82) is 0 Å². The van der Waals surface area contributed by atoms with Crippen LogP contribution in [0.15, 0.2) is 48.5 Å². The molecular formula is C17H18FNO. The molecule has 2 nitrogen and oxygen atoms in total. The summed E-state index contributed by atoms with van der Waals surface area (Å²) in [7, 11) is 1.70. The molecule has 2 rings (SSSR count). The van der Waals surface area contributed by atoms with E-state index in [-0.39, 0.29) is 17.5 Å². The molecular weight excluding hydrogens is 253 g/mol. The quantitative estimate of drug-likeness (QED) is 0.827. The van der Waals surface area contributed by atoms with Crippen molar-refractivity contribution in [2.45, 2.75) is 19.9 Å². The first-order valence-electron chi connectivity index (χ1n) is 6.59. The van der Waals surface area contributed by atoms with Crippen LogP contribution in [0.1, 0.15) is 34.5 Å². The zero-order valence-corrected chi connectivity index (χ0v) is 11.9. The Balaban J connectivity index is 2.27. The fraction of sp³-hybridized carbons (Fsp3) is 0.235. The molecule has 0 N–H and O–H groups in total. The van der Waals surface area contributed by atoms with E-state index >= 15 is 0 Å².